The molecule has 136 valence electrons. The second-order valence-electron chi connectivity index (χ2n) is 6.75. The molecule has 2 fully saturated rings. The Morgan fingerprint density at radius 1 is 1.20 bits per heavy atom. The maximum absolute atomic E-state index is 12.5. The summed E-state index contributed by atoms with van der Waals surface area (Å²) in [7, 11) is 0. The van der Waals surface area contributed by atoms with Gasteiger partial charge in [0.05, 0.1) is 12.1 Å². The third kappa shape index (κ3) is 4.58. The summed E-state index contributed by atoms with van der Waals surface area (Å²) in [4.78, 5) is 28.8. The number of benzene rings is 1. The number of nitrogens with zero attached hydrogens (tertiary/aromatic N) is 2. The number of carbonyl (C=O) groups excluding carboxylic acids is 2. The zero-order valence-corrected chi connectivity index (χ0v) is 14.8. The number of ether oxygens (including phenoxy) is 1. The minimum absolute atomic E-state index is 0.0401. The fourth-order valence-corrected chi connectivity index (χ4v) is 3.41. The molecule has 0 radical (unpaired) electrons. The lowest BCUT2D eigenvalue weighted by Gasteiger charge is -2.37. The van der Waals surface area contributed by atoms with E-state index in [1.54, 1.807) is 0 Å². The summed E-state index contributed by atoms with van der Waals surface area (Å²) >= 11 is 0. The average Bonchev–Trinajstić information content (AvgIpc) is 3.19. The molecule has 1 aromatic rings. The summed E-state index contributed by atoms with van der Waals surface area (Å²) in [5.41, 5.74) is 0.721. The van der Waals surface area contributed by atoms with E-state index in [1.807, 2.05) is 42.2 Å². The molecule has 2 aliphatic heterocycles. The van der Waals surface area contributed by atoms with E-state index in [0.717, 1.165) is 25.0 Å². The molecule has 2 atom stereocenters. The summed E-state index contributed by atoms with van der Waals surface area (Å²) in [5.74, 6) is 0.106. The molecule has 0 saturated carbocycles. The fraction of sp³-hybridized carbons (Fsp3) is 0.579. The number of amides is 2. The number of hydrogen-bond acceptors (Lipinski definition) is 4. The molecule has 0 aliphatic carbocycles. The number of carbonyl (C=O) groups is 2. The Balaban J connectivity index is 1.44. The molecule has 1 N–H and O–H groups in total. The molecule has 2 aliphatic rings. The first-order valence-corrected chi connectivity index (χ1v) is 9.13. The van der Waals surface area contributed by atoms with Crippen molar-refractivity contribution in [3.63, 3.8) is 0 Å². The Kier molecular flexibility index (Phi) is 6.04. The fourth-order valence-electron chi connectivity index (χ4n) is 3.41. The number of nitrogens with one attached hydrogen (secondary N) is 1. The van der Waals surface area contributed by atoms with Crippen LogP contribution in [0.1, 0.15) is 30.1 Å². The van der Waals surface area contributed by atoms with Gasteiger partial charge in [0.25, 0.3) is 5.91 Å². The third-order valence-corrected chi connectivity index (χ3v) is 5.08. The molecular formula is C19H27N3O3. The minimum Gasteiger partial charge on any atom is -0.376 e. The van der Waals surface area contributed by atoms with Crippen LogP contribution in [0.4, 0.5) is 0 Å². The van der Waals surface area contributed by atoms with Crippen molar-refractivity contribution in [2.24, 2.45) is 0 Å². The van der Waals surface area contributed by atoms with Gasteiger partial charge in [0.1, 0.15) is 0 Å². The van der Waals surface area contributed by atoms with Crippen molar-refractivity contribution in [2.75, 3.05) is 39.3 Å². The van der Waals surface area contributed by atoms with Crippen LogP contribution >= 0.6 is 0 Å². The van der Waals surface area contributed by atoms with E-state index in [1.165, 1.54) is 0 Å². The molecule has 0 aromatic heterocycles. The topological polar surface area (TPSA) is 61.9 Å². The van der Waals surface area contributed by atoms with Gasteiger partial charge >= 0.3 is 0 Å². The molecule has 2 unspecified atom stereocenters. The van der Waals surface area contributed by atoms with Crippen LogP contribution in [0.15, 0.2) is 30.3 Å². The molecule has 2 amide bonds. The lowest BCUT2D eigenvalue weighted by Crippen LogP contribution is -2.55. The van der Waals surface area contributed by atoms with Gasteiger partial charge in [-0.2, -0.15) is 0 Å². The van der Waals surface area contributed by atoms with Gasteiger partial charge < -0.3 is 15.0 Å². The zero-order valence-electron chi connectivity index (χ0n) is 14.8. The highest BCUT2D eigenvalue weighted by Crippen LogP contribution is 2.12. The van der Waals surface area contributed by atoms with E-state index in [9.17, 15) is 9.59 Å². The monoisotopic (exact) mass is 345 g/mol. The minimum atomic E-state index is -0.185. The molecule has 25 heavy (non-hydrogen) atoms. The van der Waals surface area contributed by atoms with E-state index < -0.39 is 0 Å². The molecular weight excluding hydrogens is 318 g/mol. The van der Waals surface area contributed by atoms with E-state index >= 15 is 0 Å². The first-order chi connectivity index (χ1) is 12.1. The maximum atomic E-state index is 12.5. The average molecular weight is 345 g/mol. The van der Waals surface area contributed by atoms with Crippen LogP contribution in [-0.4, -0.2) is 73.1 Å². The van der Waals surface area contributed by atoms with Gasteiger partial charge in [-0.1, -0.05) is 18.2 Å². The summed E-state index contributed by atoms with van der Waals surface area (Å²) in [6.07, 6.45) is 2.26. The first kappa shape index (κ1) is 17.9. The third-order valence-electron chi connectivity index (χ3n) is 5.08. The van der Waals surface area contributed by atoms with Gasteiger partial charge in [0.15, 0.2) is 0 Å². The van der Waals surface area contributed by atoms with Gasteiger partial charge in [-0.3, -0.25) is 14.5 Å². The van der Waals surface area contributed by atoms with Crippen LogP contribution in [0.3, 0.4) is 0 Å². The number of hydrogen-bond donors (Lipinski definition) is 1. The molecule has 0 spiro atoms. The summed E-state index contributed by atoms with van der Waals surface area (Å²) in [6, 6.07) is 9.17. The predicted molar refractivity (Wildman–Crippen MR) is 95.4 cm³/mol. The van der Waals surface area contributed by atoms with E-state index in [4.69, 9.17) is 4.74 Å². The molecule has 3 rings (SSSR count). The van der Waals surface area contributed by atoms with Crippen LogP contribution in [0.2, 0.25) is 0 Å². The van der Waals surface area contributed by atoms with Crippen molar-refractivity contribution < 1.29 is 14.3 Å². The Hall–Kier alpha value is -1.92. The van der Waals surface area contributed by atoms with Crippen LogP contribution in [0, 0.1) is 0 Å². The van der Waals surface area contributed by atoms with Crippen molar-refractivity contribution >= 4 is 11.8 Å². The molecule has 6 nitrogen and oxygen atoms in total. The van der Waals surface area contributed by atoms with Crippen molar-refractivity contribution in [3.8, 4) is 0 Å². The maximum Gasteiger partial charge on any atom is 0.253 e. The lowest BCUT2D eigenvalue weighted by atomic mass is 10.1. The quantitative estimate of drug-likeness (QED) is 0.869. The molecule has 6 heteroatoms. The van der Waals surface area contributed by atoms with Crippen LogP contribution < -0.4 is 5.32 Å². The van der Waals surface area contributed by atoms with Crippen molar-refractivity contribution in [1.29, 1.82) is 0 Å². The summed E-state index contributed by atoms with van der Waals surface area (Å²) in [5, 5.41) is 3.00. The van der Waals surface area contributed by atoms with E-state index in [0.29, 0.717) is 32.7 Å². The summed E-state index contributed by atoms with van der Waals surface area (Å²) in [6.45, 7) is 6.05. The Morgan fingerprint density at radius 3 is 2.56 bits per heavy atom. The SMILES string of the molecule is CC(C(=O)NCC1CCCO1)N1CCN(C(=O)c2ccccc2)CC1. The smallest absolute Gasteiger partial charge is 0.253 e. The number of piperazine rings is 1. The highest BCUT2D eigenvalue weighted by atomic mass is 16.5. The highest BCUT2D eigenvalue weighted by Gasteiger charge is 2.28. The largest absolute Gasteiger partial charge is 0.376 e. The van der Waals surface area contributed by atoms with E-state index in [-0.39, 0.29) is 24.0 Å². The number of rotatable bonds is 5. The normalized spacial score (nSPS) is 22.6. The predicted octanol–water partition coefficient (Wildman–Crippen LogP) is 1.13. The molecule has 1 aromatic carbocycles. The van der Waals surface area contributed by atoms with Gasteiger partial charge in [-0.05, 0) is 31.9 Å². The second kappa shape index (κ2) is 8.45. The second-order valence-corrected chi connectivity index (χ2v) is 6.75. The Morgan fingerprint density at radius 2 is 1.92 bits per heavy atom. The van der Waals surface area contributed by atoms with Crippen LogP contribution in [0.5, 0.6) is 0 Å². The highest BCUT2D eigenvalue weighted by molar-refractivity contribution is 5.94. The van der Waals surface area contributed by atoms with Gasteiger partial charge in [0.2, 0.25) is 5.91 Å². The molecule has 2 heterocycles. The van der Waals surface area contributed by atoms with E-state index in [2.05, 4.69) is 10.2 Å². The van der Waals surface area contributed by atoms with Gasteiger partial charge in [-0.15, -0.1) is 0 Å². The Labute approximate surface area is 149 Å². The summed E-state index contributed by atoms with van der Waals surface area (Å²) < 4.78 is 5.54. The van der Waals surface area contributed by atoms with Crippen molar-refractivity contribution in [1.82, 2.24) is 15.1 Å². The lowest BCUT2D eigenvalue weighted by molar-refractivity contribution is -0.126. The first-order valence-electron chi connectivity index (χ1n) is 9.13. The van der Waals surface area contributed by atoms with Gasteiger partial charge in [0, 0.05) is 44.9 Å². The van der Waals surface area contributed by atoms with Crippen molar-refractivity contribution in [3.05, 3.63) is 35.9 Å². The Bertz CT molecular complexity index is 579. The molecule has 2 saturated heterocycles. The standard InChI is InChI=1S/C19H27N3O3/c1-15(18(23)20-14-17-8-5-13-25-17)21-9-11-22(12-10-21)19(24)16-6-3-2-4-7-16/h2-4,6-7,15,17H,5,8-14H2,1H3,(H,20,23). The van der Waals surface area contributed by atoms with Gasteiger partial charge in [-0.25, -0.2) is 0 Å². The van der Waals surface area contributed by atoms with Crippen LogP contribution in [-0.2, 0) is 9.53 Å². The zero-order chi connectivity index (χ0) is 17.6. The van der Waals surface area contributed by atoms with Crippen LogP contribution in [0.25, 0.3) is 0 Å². The molecule has 0 bridgehead atoms. The van der Waals surface area contributed by atoms with Crippen molar-refractivity contribution in [2.45, 2.75) is 31.9 Å².